The third-order valence-corrected chi connectivity index (χ3v) is 5.59. The molecule has 7 heteroatoms. The minimum Gasteiger partial charge on any atom is -0.480 e. The van der Waals surface area contributed by atoms with Gasteiger partial charge in [-0.05, 0) is 30.4 Å². The molecule has 7 nitrogen and oxygen atoms in total. The average Bonchev–Trinajstić information content (AvgIpc) is 3.52. The molecule has 0 amide bonds. The van der Waals surface area contributed by atoms with E-state index in [1.807, 2.05) is 42.5 Å². The minimum atomic E-state index is -0.902. The molecule has 0 aliphatic heterocycles. The fourth-order valence-corrected chi connectivity index (χ4v) is 3.85. The third kappa shape index (κ3) is 5.32. The van der Waals surface area contributed by atoms with Crippen molar-refractivity contribution in [2.45, 2.75) is 32.3 Å². The fourth-order valence-electron chi connectivity index (χ4n) is 3.85. The highest BCUT2D eigenvalue weighted by Gasteiger charge is 2.20. The third-order valence-electron chi connectivity index (χ3n) is 5.59. The van der Waals surface area contributed by atoms with Crippen molar-refractivity contribution in [1.82, 2.24) is 9.97 Å². The molecule has 2 heterocycles. The second-order valence-corrected chi connectivity index (χ2v) is 7.91. The maximum atomic E-state index is 10.0. The minimum absolute atomic E-state index is 0.0381. The molecule has 1 aliphatic rings. The lowest BCUT2D eigenvalue weighted by Gasteiger charge is -2.05. The first-order valence-corrected chi connectivity index (χ1v) is 11.2. The van der Waals surface area contributed by atoms with Gasteiger partial charge in [-0.3, -0.25) is 0 Å². The molecular formula is C27H27N3O4. The summed E-state index contributed by atoms with van der Waals surface area (Å²) in [4.78, 5) is 18.4. The van der Waals surface area contributed by atoms with Crippen LogP contribution in [0.3, 0.4) is 0 Å². The van der Waals surface area contributed by atoms with Crippen molar-refractivity contribution < 1.29 is 19.1 Å². The molecule has 1 aliphatic carbocycles. The Morgan fingerprint density at radius 1 is 1.12 bits per heavy atom. The Kier molecular flexibility index (Phi) is 7.34. The number of nitrogens with two attached hydrogens (primary N) is 1. The molecule has 0 spiro atoms. The summed E-state index contributed by atoms with van der Waals surface area (Å²) in [7, 11) is 0. The summed E-state index contributed by atoms with van der Waals surface area (Å²) >= 11 is 0. The first kappa shape index (κ1) is 23.2. The number of allylic oxidation sites excluding steroid dienone is 1. The van der Waals surface area contributed by atoms with Crippen LogP contribution in [-0.2, 0) is 16.0 Å². The second kappa shape index (κ2) is 10.8. The zero-order valence-electron chi connectivity index (χ0n) is 19.0. The van der Waals surface area contributed by atoms with Gasteiger partial charge in [0.05, 0.1) is 11.5 Å². The molecule has 3 N–H and O–H groups in total. The first-order chi connectivity index (χ1) is 16.6. The van der Waals surface area contributed by atoms with E-state index in [2.05, 4.69) is 41.2 Å². The van der Waals surface area contributed by atoms with Crippen LogP contribution in [0.1, 0.15) is 25.3 Å². The van der Waals surface area contributed by atoms with Gasteiger partial charge in [0.2, 0.25) is 5.71 Å². The molecule has 2 aromatic carbocycles. The number of furan rings is 1. The standard InChI is InChI=1S/C20H17N3O.C7H10O3/c1-2-13-8-10-14(11-9-13)16-17-19(21)22-12-23-20(17)24-18(16)15-6-4-3-5-7-15;8-7(9)5-10-6-3-1-2-4-6/h3-12H,2H2,1H3,(H2,21,22,23);1,3,6H,2,4-5H2,(H,8,9). The molecule has 1 atom stereocenters. The van der Waals surface area contributed by atoms with E-state index in [1.165, 1.54) is 11.9 Å². The highest BCUT2D eigenvalue weighted by Crippen LogP contribution is 2.41. The van der Waals surface area contributed by atoms with E-state index in [9.17, 15) is 4.79 Å². The van der Waals surface area contributed by atoms with Crippen molar-refractivity contribution >= 4 is 22.9 Å². The van der Waals surface area contributed by atoms with Crippen LogP contribution in [0.2, 0.25) is 0 Å². The number of aryl methyl sites for hydroxylation is 1. The van der Waals surface area contributed by atoms with Gasteiger partial charge in [-0.2, -0.15) is 0 Å². The summed E-state index contributed by atoms with van der Waals surface area (Å²) in [6, 6.07) is 18.4. The molecule has 0 radical (unpaired) electrons. The molecular weight excluding hydrogens is 430 g/mol. The number of ether oxygens (including phenoxy) is 1. The number of nitrogens with zero attached hydrogens (tertiary/aromatic N) is 2. The van der Waals surface area contributed by atoms with Crippen LogP contribution in [0.4, 0.5) is 5.82 Å². The van der Waals surface area contributed by atoms with E-state index >= 15 is 0 Å². The zero-order chi connectivity index (χ0) is 23.9. The van der Waals surface area contributed by atoms with Crippen LogP contribution in [-0.4, -0.2) is 33.8 Å². The number of carboxylic acid groups (broad SMARTS) is 1. The van der Waals surface area contributed by atoms with Gasteiger partial charge in [-0.1, -0.05) is 73.7 Å². The van der Waals surface area contributed by atoms with Gasteiger partial charge < -0.3 is 20.0 Å². The Hall–Kier alpha value is -3.97. The number of anilines is 1. The number of fused-ring (bicyclic) bond motifs is 1. The largest absolute Gasteiger partial charge is 0.480 e. The number of carboxylic acids is 1. The van der Waals surface area contributed by atoms with Crippen LogP contribution in [0.25, 0.3) is 33.6 Å². The Bertz CT molecular complexity index is 1280. The summed E-state index contributed by atoms with van der Waals surface area (Å²) in [6.45, 7) is 1.96. The van der Waals surface area contributed by atoms with Crippen molar-refractivity contribution in [3.05, 3.63) is 78.6 Å². The quantitative estimate of drug-likeness (QED) is 0.367. The summed E-state index contributed by atoms with van der Waals surface area (Å²) < 4.78 is 11.0. The molecule has 0 fully saturated rings. The molecule has 0 saturated carbocycles. The number of aliphatic carboxylic acids is 1. The van der Waals surface area contributed by atoms with E-state index in [-0.39, 0.29) is 12.7 Å². The van der Waals surface area contributed by atoms with Gasteiger partial charge >= 0.3 is 5.97 Å². The Balaban J connectivity index is 0.000000231. The Labute approximate surface area is 197 Å². The molecule has 5 rings (SSSR count). The fraction of sp³-hybridized carbons (Fsp3) is 0.222. The molecule has 1 unspecified atom stereocenters. The van der Waals surface area contributed by atoms with E-state index in [1.54, 1.807) is 0 Å². The highest BCUT2D eigenvalue weighted by atomic mass is 16.5. The van der Waals surface area contributed by atoms with Crippen LogP contribution >= 0.6 is 0 Å². The number of nitrogen functional groups attached to an aromatic ring is 1. The molecule has 0 saturated heterocycles. The van der Waals surface area contributed by atoms with Gasteiger partial charge in [-0.25, -0.2) is 14.8 Å². The molecule has 2 aromatic heterocycles. The Morgan fingerprint density at radius 2 is 1.88 bits per heavy atom. The van der Waals surface area contributed by atoms with Crippen molar-refractivity contribution in [2.24, 2.45) is 0 Å². The van der Waals surface area contributed by atoms with Crippen molar-refractivity contribution in [3.63, 3.8) is 0 Å². The van der Waals surface area contributed by atoms with E-state index < -0.39 is 5.97 Å². The monoisotopic (exact) mass is 457 g/mol. The predicted octanol–water partition coefficient (Wildman–Crippen LogP) is 5.51. The van der Waals surface area contributed by atoms with Crippen LogP contribution in [0.15, 0.2) is 77.5 Å². The lowest BCUT2D eigenvalue weighted by molar-refractivity contribution is -0.143. The van der Waals surface area contributed by atoms with Gasteiger partial charge in [0, 0.05) is 11.1 Å². The van der Waals surface area contributed by atoms with Crippen LogP contribution in [0, 0.1) is 0 Å². The SMILES string of the molecule is CCc1ccc(-c2c(-c3ccccc3)oc3ncnc(N)c23)cc1.O=C(O)COC1C=CCC1. The van der Waals surface area contributed by atoms with E-state index in [0.717, 1.165) is 47.1 Å². The number of benzene rings is 2. The molecule has 174 valence electrons. The van der Waals surface area contributed by atoms with Gasteiger partial charge in [0.15, 0.2) is 0 Å². The lowest BCUT2D eigenvalue weighted by Crippen LogP contribution is -2.13. The highest BCUT2D eigenvalue weighted by molar-refractivity contribution is 6.05. The lowest BCUT2D eigenvalue weighted by atomic mass is 9.98. The average molecular weight is 458 g/mol. The van der Waals surface area contributed by atoms with Gasteiger partial charge in [0.1, 0.15) is 24.5 Å². The van der Waals surface area contributed by atoms with Crippen molar-refractivity contribution in [1.29, 1.82) is 0 Å². The summed E-state index contributed by atoms with van der Waals surface area (Å²) in [5.74, 6) is 0.294. The van der Waals surface area contributed by atoms with Crippen LogP contribution in [0.5, 0.6) is 0 Å². The normalized spacial score (nSPS) is 14.7. The molecule has 0 bridgehead atoms. The predicted molar refractivity (Wildman–Crippen MR) is 132 cm³/mol. The summed E-state index contributed by atoms with van der Waals surface area (Å²) in [5, 5.41) is 8.99. The summed E-state index contributed by atoms with van der Waals surface area (Å²) in [5.41, 5.74) is 10.9. The molecule has 34 heavy (non-hydrogen) atoms. The second-order valence-electron chi connectivity index (χ2n) is 7.91. The number of hydrogen-bond acceptors (Lipinski definition) is 6. The van der Waals surface area contributed by atoms with E-state index in [0.29, 0.717) is 11.5 Å². The van der Waals surface area contributed by atoms with Crippen molar-refractivity contribution in [3.8, 4) is 22.5 Å². The number of hydrogen-bond donors (Lipinski definition) is 2. The zero-order valence-corrected chi connectivity index (χ0v) is 19.0. The smallest absolute Gasteiger partial charge is 0.329 e. The molecule has 4 aromatic rings. The number of rotatable bonds is 6. The van der Waals surface area contributed by atoms with Gasteiger partial charge in [0.25, 0.3) is 0 Å². The maximum Gasteiger partial charge on any atom is 0.329 e. The number of carbonyl (C=O) groups is 1. The van der Waals surface area contributed by atoms with E-state index in [4.69, 9.17) is 20.0 Å². The van der Waals surface area contributed by atoms with Crippen LogP contribution < -0.4 is 5.73 Å². The van der Waals surface area contributed by atoms with Crippen molar-refractivity contribution in [2.75, 3.05) is 12.3 Å². The Morgan fingerprint density at radius 3 is 2.53 bits per heavy atom. The maximum absolute atomic E-state index is 10.0. The topological polar surface area (TPSA) is 111 Å². The first-order valence-electron chi connectivity index (χ1n) is 11.2. The number of aromatic nitrogens is 2. The summed E-state index contributed by atoms with van der Waals surface area (Å²) in [6.07, 6.45) is 8.31. The van der Waals surface area contributed by atoms with Gasteiger partial charge in [-0.15, -0.1) is 0 Å².